The summed E-state index contributed by atoms with van der Waals surface area (Å²) in [6, 6.07) is 0. The Balaban J connectivity index is 1.55. The number of ether oxygens (including phenoxy) is 4. The van der Waals surface area contributed by atoms with Gasteiger partial charge in [-0.25, -0.2) is 0 Å². The van der Waals surface area contributed by atoms with E-state index in [0.29, 0.717) is 30.4 Å². The molecule has 0 saturated carbocycles. The number of hydrogen-bond donors (Lipinski definition) is 3. The first-order chi connectivity index (χ1) is 20.3. The van der Waals surface area contributed by atoms with E-state index in [2.05, 4.69) is 32.9 Å². The van der Waals surface area contributed by atoms with Crippen molar-refractivity contribution >= 4 is 5.97 Å². The molecule has 8 nitrogen and oxygen atoms in total. The molecule has 5 aliphatic rings. The fraction of sp³-hybridized carbons (Fsp3) is 0.686. The van der Waals surface area contributed by atoms with Gasteiger partial charge in [-0.2, -0.15) is 0 Å². The predicted molar refractivity (Wildman–Crippen MR) is 163 cm³/mol. The van der Waals surface area contributed by atoms with Crippen LogP contribution in [0.2, 0.25) is 0 Å². The predicted octanol–water partition coefficient (Wildman–Crippen LogP) is 4.84. The Hall–Kier alpha value is -2.07. The third kappa shape index (κ3) is 5.99. The fourth-order valence-corrected chi connectivity index (χ4v) is 7.75. The van der Waals surface area contributed by atoms with E-state index in [4.69, 9.17) is 18.9 Å². The molecule has 43 heavy (non-hydrogen) atoms. The average molecular weight is 599 g/mol. The summed E-state index contributed by atoms with van der Waals surface area (Å²) in [7, 11) is 0. The van der Waals surface area contributed by atoms with E-state index in [1.807, 2.05) is 39.0 Å². The molecule has 4 heterocycles. The summed E-state index contributed by atoms with van der Waals surface area (Å²) >= 11 is 0. The van der Waals surface area contributed by atoms with Crippen molar-refractivity contribution in [3.05, 3.63) is 58.7 Å². The zero-order valence-corrected chi connectivity index (χ0v) is 26.7. The molecule has 0 radical (unpaired) electrons. The van der Waals surface area contributed by atoms with E-state index in [9.17, 15) is 20.1 Å². The van der Waals surface area contributed by atoms with Gasteiger partial charge in [-0.15, -0.1) is 0 Å². The van der Waals surface area contributed by atoms with Crippen LogP contribution in [0.25, 0.3) is 0 Å². The van der Waals surface area contributed by atoms with Gasteiger partial charge in [0.2, 0.25) is 0 Å². The normalized spacial score (nSPS) is 46.0. The van der Waals surface area contributed by atoms with Crippen molar-refractivity contribution in [2.24, 2.45) is 17.8 Å². The Kier molecular flexibility index (Phi) is 9.30. The van der Waals surface area contributed by atoms with Crippen molar-refractivity contribution in [2.75, 3.05) is 0 Å². The molecule has 2 bridgehead atoms. The molecule has 5 rings (SSSR count). The molecule has 3 fully saturated rings. The highest BCUT2D eigenvalue weighted by atomic mass is 16.7. The molecular weight excluding hydrogens is 548 g/mol. The van der Waals surface area contributed by atoms with Crippen LogP contribution in [0.15, 0.2) is 58.7 Å². The fourth-order valence-electron chi connectivity index (χ4n) is 7.75. The second-order valence-electron chi connectivity index (χ2n) is 13.7. The van der Waals surface area contributed by atoms with E-state index in [1.54, 1.807) is 13.0 Å². The molecule has 0 aromatic heterocycles. The minimum atomic E-state index is -1.78. The third-order valence-corrected chi connectivity index (χ3v) is 10.2. The monoisotopic (exact) mass is 598 g/mol. The Morgan fingerprint density at radius 2 is 1.84 bits per heavy atom. The van der Waals surface area contributed by atoms with Gasteiger partial charge in [-0.3, -0.25) is 4.79 Å². The Bertz CT molecular complexity index is 1230. The number of esters is 1. The summed E-state index contributed by atoms with van der Waals surface area (Å²) in [6.45, 7) is 13.9. The van der Waals surface area contributed by atoms with Crippen molar-refractivity contribution in [1.82, 2.24) is 0 Å². The van der Waals surface area contributed by atoms with Crippen molar-refractivity contribution < 1.29 is 39.1 Å². The van der Waals surface area contributed by atoms with Crippen LogP contribution in [0.1, 0.15) is 80.6 Å². The van der Waals surface area contributed by atoms with E-state index in [-0.39, 0.29) is 30.5 Å². The van der Waals surface area contributed by atoms with Gasteiger partial charge in [0.15, 0.2) is 5.79 Å². The number of aliphatic hydroxyl groups is 3. The number of fused-ring (bicyclic) bond motifs is 2. The van der Waals surface area contributed by atoms with E-state index in [1.165, 1.54) is 5.57 Å². The number of allylic oxidation sites excluding steroid dienone is 5. The molecule has 238 valence electrons. The Morgan fingerprint density at radius 3 is 2.56 bits per heavy atom. The second kappa shape index (κ2) is 12.4. The lowest BCUT2D eigenvalue weighted by Gasteiger charge is -2.52. The quantitative estimate of drug-likeness (QED) is 0.290. The van der Waals surface area contributed by atoms with Crippen molar-refractivity contribution in [3.8, 4) is 0 Å². The van der Waals surface area contributed by atoms with Crippen LogP contribution in [0.4, 0.5) is 0 Å². The molecule has 12 atom stereocenters. The topological polar surface area (TPSA) is 115 Å². The Morgan fingerprint density at radius 1 is 1.09 bits per heavy atom. The molecule has 2 unspecified atom stereocenters. The van der Waals surface area contributed by atoms with Crippen molar-refractivity contribution in [1.29, 1.82) is 0 Å². The minimum Gasteiger partial charge on any atom is -0.462 e. The summed E-state index contributed by atoms with van der Waals surface area (Å²) in [5.41, 5.74) is 1.59. The molecule has 1 aliphatic carbocycles. The summed E-state index contributed by atoms with van der Waals surface area (Å²) < 4.78 is 25.6. The smallest absolute Gasteiger partial charge is 0.316 e. The van der Waals surface area contributed by atoms with Crippen LogP contribution in [-0.2, 0) is 23.7 Å². The van der Waals surface area contributed by atoms with Gasteiger partial charge in [-0.05, 0) is 82.4 Å². The van der Waals surface area contributed by atoms with Crippen LogP contribution in [0, 0.1) is 17.8 Å². The molecule has 8 heteroatoms. The Labute approximate surface area is 256 Å². The second-order valence-corrected chi connectivity index (χ2v) is 13.7. The molecule has 1 spiro atoms. The van der Waals surface area contributed by atoms with Gasteiger partial charge in [0.25, 0.3) is 0 Å². The van der Waals surface area contributed by atoms with Crippen LogP contribution in [0.5, 0.6) is 0 Å². The first-order valence-electron chi connectivity index (χ1n) is 15.9. The van der Waals surface area contributed by atoms with Gasteiger partial charge < -0.3 is 34.3 Å². The number of aliphatic hydroxyl groups excluding tert-OH is 2. The standard InChI is InChI=1S/C35H50O8/c1-8-21(4)31-23(6)16-29(36)34(43-31)18-26-17-25(42-34)13-12-20(3)14-19(2)10-9-11-27-24(7)40-32-30(37)22(5)15-28(33(38)41-26)35(27,32)39/h8-12,15,19,23-26,28-32,36-37,39H,13-14,16-18H2,1-7H3/b10-9?,20-12?,21-8+,27-11?/t19-,23-,24?,25+,26-,28-,29+,30+,31+,32?,34-,35+/m0/s1. The number of carbonyl (C=O) groups excluding carboxylic acids is 1. The van der Waals surface area contributed by atoms with Gasteiger partial charge in [0, 0.05) is 12.8 Å². The van der Waals surface area contributed by atoms with Gasteiger partial charge in [0.05, 0.1) is 18.3 Å². The largest absolute Gasteiger partial charge is 0.462 e. The lowest BCUT2D eigenvalue weighted by atomic mass is 9.70. The summed E-state index contributed by atoms with van der Waals surface area (Å²) in [4.78, 5) is 14.1. The molecule has 4 aliphatic heterocycles. The third-order valence-electron chi connectivity index (χ3n) is 10.2. The van der Waals surface area contributed by atoms with Gasteiger partial charge >= 0.3 is 5.97 Å². The number of carbonyl (C=O) groups is 1. The molecule has 0 amide bonds. The summed E-state index contributed by atoms with van der Waals surface area (Å²) in [5, 5.41) is 34.7. The molecule has 3 N–H and O–H groups in total. The van der Waals surface area contributed by atoms with Crippen LogP contribution < -0.4 is 0 Å². The molecular formula is C35H50O8. The maximum Gasteiger partial charge on any atom is 0.316 e. The first kappa shape index (κ1) is 32.3. The van der Waals surface area contributed by atoms with Crippen molar-refractivity contribution in [3.63, 3.8) is 0 Å². The summed E-state index contributed by atoms with van der Waals surface area (Å²) in [5.74, 6) is -2.69. The highest BCUT2D eigenvalue weighted by Gasteiger charge is 2.62. The SMILES string of the molecule is C/C=C(\C)[C@H]1O[C@@]2(C[C@@H]3C[C@@H](CC=C(C)C[C@@H](C)C=CC=C4C(C)OC5[C@H](O)C(C)=C[C@@H](C(=O)O3)[C@]45O)O2)[C@H](O)C[C@@H]1C. The van der Waals surface area contributed by atoms with E-state index in [0.717, 1.165) is 12.0 Å². The van der Waals surface area contributed by atoms with Crippen LogP contribution in [0.3, 0.4) is 0 Å². The summed E-state index contributed by atoms with van der Waals surface area (Å²) in [6.07, 6.45) is 9.51. The van der Waals surface area contributed by atoms with Gasteiger partial charge in [-0.1, -0.05) is 55.9 Å². The zero-order valence-electron chi connectivity index (χ0n) is 26.7. The molecule has 0 aromatic rings. The highest BCUT2D eigenvalue weighted by Crippen LogP contribution is 2.49. The number of hydrogen-bond acceptors (Lipinski definition) is 8. The van der Waals surface area contributed by atoms with Crippen LogP contribution >= 0.6 is 0 Å². The molecule has 3 saturated heterocycles. The van der Waals surface area contributed by atoms with Crippen LogP contribution in [-0.4, -0.2) is 75.4 Å². The lowest BCUT2D eigenvalue weighted by Crippen LogP contribution is -2.62. The van der Waals surface area contributed by atoms with E-state index < -0.39 is 53.8 Å². The van der Waals surface area contributed by atoms with E-state index >= 15 is 0 Å². The average Bonchev–Trinajstić information content (AvgIpc) is 3.21. The minimum absolute atomic E-state index is 0.0894. The maximum atomic E-state index is 14.1. The number of rotatable bonds is 1. The zero-order chi connectivity index (χ0) is 31.3. The van der Waals surface area contributed by atoms with Gasteiger partial charge in [0.1, 0.15) is 35.9 Å². The highest BCUT2D eigenvalue weighted by molar-refractivity contribution is 5.78. The first-order valence-corrected chi connectivity index (χ1v) is 15.9. The lowest BCUT2D eigenvalue weighted by molar-refractivity contribution is -0.363. The maximum absolute atomic E-state index is 14.1. The van der Waals surface area contributed by atoms with Crippen molar-refractivity contribution in [2.45, 2.75) is 135 Å². The molecule has 0 aromatic carbocycles.